The lowest BCUT2D eigenvalue weighted by molar-refractivity contribution is 0.593. The van der Waals surface area contributed by atoms with Gasteiger partial charge in [-0.25, -0.2) is 4.39 Å². The van der Waals surface area contributed by atoms with Crippen LogP contribution in [0.2, 0.25) is 0 Å². The molecule has 1 aromatic carbocycles. The summed E-state index contributed by atoms with van der Waals surface area (Å²) in [6, 6.07) is 4.57. The first-order valence-corrected chi connectivity index (χ1v) is 3.48. The molecule has 0 bridgehead atoms. The topological polar surface area (TPSA) is 39.2 Å². The molecule has 2 N–H and O–H groups in total. The molecule has 0 unspecified atom stereocenters. The zero-order valence-corrected chi connectivity index (χ0v) is 6.30. The lowest BCUT2D eigenvalue weighted by Crippen LogP contribution is -1.85. The predicted molar refractivity (Wildman–Crippen MR) is 45.0 cm³/mol. The molecule has 0 aliphatic carbocycles. The van der Waals surface area contributed by atoms with Crippen molar-refractivity contribution in [1.29, 1.82) is 0 Å². The Morgan fingerprint density at radius 1 is 1.42 bits per heavy atom. The molecule has 12 heavy (non-hydrogen) atoms. The number of nitrogens with two attached hydrogens (primary N) is 1. The Bertz CT molecular complexity index is 433. The lowest BCUT2D eigenvalue weighted by atomic mass is 10.2. The molecule has 3 heteroatoms. The van der Waals surface area contributed by atoms with Crippen molar-refractivity contribution in [3.8, 4) is 0 Å². The molecule has 0 spiro atoms. The van der Waals surface area contributed by atoms with Crippen molar-refractivity contribution < 1.29 is 8.81 Å². The van der Waals surface area contributed by atoms with E-state index in [1.165, 1.54) is 6.07 Å². The number of furan rings is 1. The van der Waals surface area contributed by atoms with Crippen molar-refractivity contribution in [3.63, 3.8) is 0 Å². The second kappa shape index (κ2) is 2.24. The second-order valence-corrected chi connectivity index (χ2v) is 2.55. The molecule has 2 nitrogen and oxygen atoms in total. The second-order valence-electron chi connectivity index (χ2n) is 2.55. The smallest absolute Gasteiger partial charge is 0.139 e. The van der Waals surface area contributed by atoms with E-state index in [0.29, 0.717) is 16.7 Å². The third-order valence-electron chi connectivity index (χ3n) is 1.78. The maximum atomic E-state index is 13.1. The molecule has 0 aliphatic rings. The Morgan fingerprint density at radius 3 is 2.83 bits per heavy atom. The largest absolute Gasteiger partial charge is 0.459 e. The van der Waals surface area contributed by atoms with Crippen molar-refractivity contribution in [3.05, 3.63) is 36.7 Å². The van der Waals surface area contributed by atoms with Gasteiger partial charge in [-0.2, -0.15) is 0 Å². The molecule has 2 rings (SSSR count). The van der Waals surface area contributed by atoms with E-state index in [0.717, 1.165) is 0 Å². The number of hydrogen-bond acceptors (Lipinski definition) is 2. The fourth-order valence-electron chi connectivity index (χ4n) is 1.18. The minimum atomic E-state index is -0.372. The Kier molecular flexibility index (Phi) is 1.33. The molecule has 0 saturated heterocycles. The highest BCUT2D eigenvalue weighted by atomic mass is 19.1. The van der Waals surface area contributed by atoms with Crippen LogP contribution in [0.25, 0.3) is 11.0 Å². The molecule has 0 atom stereocenters. The molecule has 1 aromatic heterocycles. The first-order valence-electron chi connectivity index (χ1n) is 3.48. The summed E-state index contributed by atoms with van der Waals surface area (Å²) < 4.78 is 18.2. The van der Waals surface area contributed by atoms with Gasteiger partial charge in [0, 0.05) is 6.92 Å². The van der Waals surface area contributed by atoms with E-state index in [1.807, 2.05) is 0 Å². The monoisotopic (exact) mass is 164 g/mol. The summed E-state index contributed by atoms with van der Waals surface area (Å²) in [5.41, 5.74) is 6.27. The highest BCUT2D eigenvalue weighted by molar-refractivity contribution is 5.91. The molecule has 1 heterocycles. The van der Waals surface area contributed by atoms with Crippen molar-refractivity contribution >= 4 is 16.7 Å². The molecule has 0 saturated carbocycles. The van der Waals surface area contributed by atoms with Crippen molar-refractivity contribution in [2.24, 2.45) is 0 Å². The standard InChI is InChI=1S/C9H7FNO/c1-5-9(11)8-6(10)3-2-4-7(8)12-5/h2-4H,1,11H2. The number of hydrogen-bond donors (Lipinski definition) is 1. The van der Waals surface area contributed by atoms with Gasteiger partial charge < -0.3 is 10.2 Å². The van der Waals surface area contributed by atoms with Crippen LogP contribution in [0.3, 0.4) is 0 Å². The Morgan fingerprint density at radius 2 is 2.17 bits per heavy atom. The number of benzene rings is 1. The zero-order valence-electron chi connectivity index (χ0n) is 6.30. The van der Waals surface area contributed by atoms with Crippen LogP contribution in [0.4, 0.5) is 10.1 Å². The first-order chi connectivity index (χ1) is 5.70. The molecule has 1 radical (unpaired) electrons. The van der Waals surface area contributed by atoms with Gasteiger partial charge in [0.2, 0.25) is 0 Å². The van der Waals surface area contributed by atoms with Gasteiger partial charge in [-0.15, -0.1) is 0 Å². The van der Waals surface area contributed by atoms with Crippen LogP contribution in [0, 0.1) is 12.7 Å². The van der Waals surface area contributed by atoms with Crippen LogP contribution in [0.15, 0.2) is 22.6 Å². The number of halogens is 1. The molecule has 2 aromatic rings. The summed E-state index contributed by atoms with van der Waals surface area (Å²) in [6.07, 6.45) is 0. The van der Waals surface area contributed by atoms with Crippen LogP contribution in [0.1, 0.15) is 5.76 Å². The quantitative estimate of drug-likeness (QED) is 0.649. The van der Waals surface area contributed by atoms with Gasteiger partial charge in [0.15, 0.2) is 0 Å². The first kappa shape index (κ1) is 7.16. The molecular weight excluding hydrogens is 157 g/mol. The van der Waals surface area contributed by atoms with Gasteiger partial charge in [-0.1, -0.05) is 6.07 Å². The van der Waals surface area contributed by atoms with Crippen LogP contribution in [-0.2, 0) is 0 Å². The molecule has 0 amide bonds. The van der Waals surface area contributed by atoms with Gasteiger partial charge >= 0.3 is 0 Å². The predicted octanol–water partition coefficient (Wildman–Crippen LogP) is 2.34. The van der Waals surface area contributed by atoms with E-state index in [9.17, 15) is 4.39 Å². The highest BCUT2D eigenvalue weighted by Gasteiger charge is 2.10. The average molecular weight is 164 g/mol. The Labute approximate surface area is 68.8 Å². The van der Waals surface area contributed by atoms with Crippen LogP contribution in [-0.4, -0.2) is 0 Å². The van der Waals surface area contributed by atoms with Crippen molar-refractivity contribution in [2.45, 2.75) is 0 Å². The van der Waals surface area contributed by atoms with E-state index >= 15 is 0 Å². The Hall–Kier alpha value is -1.51. The van der Waals surface area contributed by atoms with Crippen LogP contribution < -0.4 is 5.73 Å². The van der Waals surface area contributed by atoms with Gasteiger partial charge in [0.05, 0.1) is 11.1 Å². The minimum Gasteiger partial charge on any atom is -0.459 e. The molecule has 0 fully saturated rings. The van der Waals surface area contributed by atoms with Gasteiger partial charge in [0.1, 0.15) is 17.2 Å². The maximum Gasteiger partial charge on any atom is 0.139 e. The summed E-state index contributed by atoms with van der Waals surface area (Å²) in [7, 11) is 0. The maximum absolute atomic E-state index is 13.1. The summed E-state index contributed by atoms with van der Waals surface area (Å²) in [4.78, 5) is 0. The number of nitrogen functional groups attached to an aromatic ring is 1. The van der Waals surface area contributed by atoms with E-state index < -0.39 is 0 Å². The summed E-state index contributed by atoms with van der Waals surface area (Å²) in [5.74, 6) is -0.0567. The zero-order chi connectivity index (χ0) is 8.72. The number of anilines is 1. The van der Waals surface area contributed by atoms with Gasteiger partial charge in [-0.3, -0.25) is 0 Å². The van der Waals surface area contributed by atoms with E-state index in [-0.39, 0.29) is 11.5 Å². The van der Waals surface area contributed by atoms with E-state index in [4.69, 9.17) is 10.2 Å². The number of fused-ring (bicyclic) bond motifs is 1. The highest BCUT2D eigenvalue weighted by Crippen LogP contribution is 2.29. The summed E-state index contributed by atoms with van der Waals surface area (Å²) in [6.45, 7) is 3.54. The fraction of sp³-hybridized carbons (Fsp3) is 0. The average Bonchev–Trinajstić information content (AvgIpc) is 2.29. The van der Waals surface area contributed by atoms with E-state index in [1.54, 1.807) is 12.1 Å². The van der Waals surface area contributed by atoms with Crippen LogP contribution in [0.5, 0.6) is 0 Å². The molecule has 0 aliphatic heterocycles. The third kappa shape index (κ3) is 0.794. The summed E-state index contributed by atoms with van der Waals surface area (Å²) >= 11 is 0. The van der Waals surface area contributed by atoms with Crippen molar-refractivity contribution in [2.75, 3.05) is 5.73 Å². The van der Waals surface area contributed by atoms with Crippen LogP contribution >= 0.6 is 0 Å². The Balaban J connectivity index is 2.97. The van der Waals surface area contributed by atoms with Gasteiger partial charge in [-0.05, 0) is 12.1 Å². The van der Waals surface area contributed by atoms with Crippen molar-refractivity contribution in [1.82, 2.24) is 0 Å². The molecular formula is C9H7FNO. The van der Waals surface area contributed by atoms with E-state index in [2.05, 4.69) is 6.92 Å². The lowest BCUT2D eigenvalue weighted by Gasteiger charge is -1.90. The normalized spacial score (nSPS) is 10.8. The fourth-order valence-corrected chi connectivity index (χ4v) is 1.18. The minimum absolute atomic E-state index is 0.281. The molecule has 61 valence electrons. The SMILES string of the molecule is [CH2]c1oc2cccc(F)c2c1N. The summed E-state index contributed by atoms with van der Waals surface area (Å²) in [5, 5.41) is 0.322. The number of rotatable bonds is 0. The third-order valence-corrected chi connectivity index (χ3v) is 1.78. The van der Waals surface area contributed by atoms with Gasteiger partial charge in [0.25, 0.3) is 0 Å².